The Balaban J connectivity index is 1.45. The number of hydrogen-bond acceptors (Lipinski definition) is 1. The van der Waals surface area contributed by atoms with E-state index >= 15 is 0 Å². The van der Waals surface area contributed by atoms with Crippen molar-refractivity contribution in [2.24, 2.45) is 0 Å². The molecule has 3 heterocycles. The number of benzene rings is 6. The third kappa shape index (κ3) is 3.34. The van der Waals surface area contributed by atoms with Crippen LogP contribution < -0.4 is 4.72 Å². The van der Waals surface area contributed by atoms with Gasteiger partial charge in [-0.2, -0.15) is 0 Å². The molecule has 5 heteroatoms. The van der Waals surface area contributed by atoms with Gasteiger partial charge in [-0.3, -0.25) is 4.21 Å². The molecule has 1 aliphatic heterocycles. The summed E-state index contributed by atoms with van der Waals surface area (Å²) in [7, 11) is -3.09. The first kappa shape index (κ1) is 24.2. The zero-order chi connectivity index (χ0) is 28.5. The molecule has 6 aromatic carbocycles. The standard InChI is InChI=1S/C38H27N3OS/c42-43(27-15-5-2-6-16-27)36-22-12-9-19-32(36)35(25-39-43)41-34-21-11-8-18-29(34)31-24-23-30-28-17-7-10-20-33(28)40(37(30)38(31)41)26-13-3-1-4-14-26/h1-25,43H,(H,39,42). The third-order valence-electron chi connectivity index (χ3n) is 8.75. The summed E-state index contributed by atoms with van der Waals surface area (Å²) >= 11 is 0. The highest BCUT2D eigenvalue weighted by atomic mass is 32.3. The van der Waals surface area contributed by atoms with Crippen LogP contribution in [0, 0.1) is 0 Å². The first-order valence-corrected chi connectivity index (χ1v) is 16.2. The quantitative estimate of drug-likeness (QED) is 0.204. The van der Waals surface area contributed by atoms with Gasteiger partial charge >= 0.3 is 0 Å². The van der Waals surface area contributed by atoms with Crippen LogP contribution in [0.15, 0.2) is 162 Å². The van der Waals surface area contributed by atoms with E-state index in [1.165, 1.54) is 21.5 Å². The second-order valence-corrected chi connectivity index (χ2v) is 13.5. The highest BCUT2D eigenvalue weighted by Gasteiger charge is 2.30. The molecular formula is C38H27N3OS. The lowest BCUT2D eigenvalue weighted by Crippen LogP contribution is -2.32. The number of para-hydroxylation sites is 3. The average Bonchev–Trinajstić information content (AvgIpc) is 3.59. The maximum Gasteiger partial charge on any atom is 0.0789 e. The minimum absolute atomic E-state index is 0.798. The molecule has 0 bridgehead atoms. The van der Waals surface area contributed by atoms with Gasteiger partial charge in [0.2, 0.25) is 0 Å². The van der Waals surface area contributed by atoms with E-state index in [2.05, 4.69) is 111 Å². The Morgan fingerprint density at radius 1 is 0.488 bits per heavy atom. The maximum atomic E-state index is 14.7. The lowest BCUT2D eigenvalue weighted by molar-refractivity contribution is 0.664. The van der Waals surface area contributed by atoms with Crippen LogP contribution in [0.4, 0.5) is 0 Å². The fraction of sp³-hybridized carbons (Fsp3) is 0. The van der Waals surface area contributed by atoms with E-state index in [1.807, 2.05) is 54.7 Å². The Kier molecular flexibility index (Phi) is 5.10. The predicted molar refractivity (Wildman–Crippen MR) is 179 cm³/mol. The van der Waals surface area contributed by atoms with Crippen LogP contribution in [-0.4, -0.2) is 13.3 Å². The number of nitrogens with one attached hydrogen (secondary N) is 1. The molecule has 0 aliphatic carbocycles. The van der Waals surface area contributed by atoms with Crippen molar-refractivity contribution in [1.29, 1.82) is 0 Å². The molecule has 0 radical (unpaired) electrons. The lowest BCUT2D eigenvalue weighted by atomic mass is 10.1. The summed E-state index contributed by atoms with van der Waals surface area (Å²) < 4.78 is 22.9. The molecule has 43 heavy (non-hydrogen) atoms. The maximum absolute atomic E-state index is 14.7. The van der Waals surface area contributed by atoms with Crippen LogP contribution in [0.1, 0.15) is 5.56 Å². The number of fused-ring (bicyclic) bond motifs is 8. The van der Waals surface area contributed by atoms with Crippen molar-refractivity contribution in [3.63, 3.8) is 0 Å². The third-order valence-corrected chi connectivity index (χ3v) is 11.3. The Morgan fingerprint density at radius 3 is 1.72 bits per heavy atom. The predicted octanol–water partition coefficient (Wildman–Crippen LogP) is 8.69. The van der Waals surface area contributed by atoms with Gasteiger partial charge in [-0.15, -0.1) is 0 Å². The van der Waals surface area contributed by atoms with Crippen LogP contribution >= 0.6 is 0 Å². The van der Waals surface area contributed by atoms with Gasteiger partial charge in [-0.25, -0.2) is 0 Å². The van der Waals surface area contributed by atoms with Crippen molar-refractivity contribution in [3.05, 3.63) is 157 Å². The van der Waals surface area contributed by atoms with Crippen molar-refractivity contribution >= 4 is 59.4 Å². The molecule has 0 unspecified atom stereocenters. The van der Waals surface area contributed by atoms with Crippen LogP contribution in [0.3, 0.4) is 0 Å². The van der Waals surface area contributed by atoms with Crippen molar-refractivity contribution in [2.75, 3.05) is 0 Å². The first-order chi connectivity index (χ1) is 21.2. The second-order valence-electron chi connectivity index (χ2n) is 11.0. The molecule has 0 fully saturated rings. The number of aromatic nitrogens is 2. The second kappa shape index (κ2) is 9.05. The lowest BCUT2D eigenvalue weighted by Gasteiger charge is -2.33. The summed E-state index contributed by atoms with van der Waals surface area (Å²) in [6, 6.07) is 50.2. The molecule has 0 atom stereocenters. The average molecular weight is 574 g/mol. The molecule has 0 spiro atoms. The van der Waals surface area contributed by atoms with E-state index in [-0.39, 0.29) is 0 Å². The molecule has 2 aromatic heterocycles. The van der Waals surface area contributed by atoms with Gasteiger partial charge < -0.3 is 13.9 Å². The van der Waals surface area contributed by atoms with Gasteiger partial charge in [0.05, 0.1) is 27.8 Å². The van der Waals surface area contributed by atoms with E-state index < -0.39 is 10.1 Å². The van der Waals surface area contributed by atoms with Gasteiger partial charge in [-0.05, 0) is 42.5 Å². The molecule has 1 N–H and O–H groups in total. The molecule has 206 valence electrons. The zero-order valence-corrected chi connectivity index (χ0v) is 24.1. The highest BCUT2D eigenvalue weighted by Crippen LogP contribution is 2.44. The van der Waals surface area contributed by atoms with Crippen LogP contribution in [-0.2, 0) is 10.1 Å². The van der Waals surface area contributed by atoms with Gasteiger partial charge in [-0.1, -0.05) is 103 Å². The molecule has 4 nitrogen and oxygen atoms in total. The smallest absolute Gasteiger partial charge is 0.0789 e. The number of thiol groups is 1. The van der Waals surface area contributed by atoms with Gasteiger partial charge in [0, 0.05) is 58.9 Å². The van der Waals surface area contributed by atoms with E-state index in [0.717, 1.165) is 48.8 Å². The number of rotatable bonds is 3. The Hall–Kier alpha value is -5.39. The molecule has 0 amide bonds. The van der Waals surface area contributed by atoms with Crippen LogP contribution in [0.2, 0.25) is 0 Å². The zero-order valence-electron chi connectivity index (χ0n) is 23.2. The Bertz CT molecular complexity index is 2450. The fourth-order valence-electron chi connectivity index (χ4n) is 6.90. The topological polar surface area (TPSA) is 39.0 Å². The molecule has 9 rings (SSSR count). The minimum atomic E-state index is -3.09. The SMILES string of the molecule is O=[SH]1(c2ccccc2)NC=C(n2c3ccccc3c3ccc4c5ccccc5n(-c5ccccc5)c4c32)c2ccccc21. The summed E-state index contributed by atoms with van der Waals surface area (Å²) in [5.74, 6) is 0. The van der Waals surface area contributed by atoms with Crippen molar-refractivity contribution < 1.29 is 4.21 Å². The van der Waals surface area contributed by atoms with Crippen LogP contribution in [0.25, 0.3) is 55.0 Å². The van der Waals surface area contributed by atoms with Gasteiger partial charge in [0.1, 0.15) is 0 Å². The van der Waals surface area contributed by atoms with Gasteiger partial charge in [0.25, 0.3) is 0 Å². The normalized spacial score (nSPS) is 14.9. The first-order valence-electron chi connectivity index (χ1n) is 14.5. The van der Waals surface area contributed by atoms with E-state index in [0.29, 0.717) is 0 Å². The van der Waals surface area contributed by atoms with Gasteiger partial charge in [0.15, 0.2) is 0 Å². The molecule has 0 saturated heterocycles. The molecule has 8 aromatic rings. The summed E-state index contributed by atoms with van der Waals surface area (Å²) in [6.07, 6.45) is 1.97. The van der Waals surface area contributed by atoms with E-state index in [1.54, 1.807) is 0 Å². The largest absolute Gasteiger partial charge is 0.325 e. The molecule has 0 saturated carbocycles. The monoisotopic (exact) mass is 573 g/mol. The summed E-state index contributed by atoms with van der Waals surface area (Å²) in [5.41, 5.74) is 7.60. The van der Waals surface area contributed by atoms with E-state index in [9.17, 15) is 4.21 Å². The summed E-state index contributed by atoms with van der Waals surface area (Å²) in [5, 5.41) is 4.77. The molecular weight excluding hydrogens is 547 g/mol. The molecule has 1 aliphatic rings. The highest BCUT2D eigenvalue weighted by molar-refractivity contribution is 8.01. The summed E-state index contributed by atoms with van der Waals surface area (Å²) in [4.78, 5) is 1.62. The Morgan fingerprint density at radius 2 is 1.02 bits per heavy atom. The summed E-state index contributed by atoms with van der Waals surface area (Å²) in [6.45, 7) is 0. The number of hydrogen-bond donors (Lipinski definition) is 2. The van der Waals surface area contributed by atoms with Crippen molar-refractivity contribution in [3.8, 4) is 5.69 Å². The minimum Gasteiger partial charge on any atom is -0.325 e. The van der Waals surface area contributed by atoms with Crippen molar-refractivity contribution in [1.82, 2.24) is 13.9 Å². The van der Waals surface area contributed by atoms with Crippen molar-refractivity contribution in [2.45, 2.75) is 9.79 Å². The van der Waals surface area contributed by atoms with E-state index in [4.69, 9.17) is 0 Å². The Labute approximate surface area is 249 Å². The number of nitrogens with zero attached hydrogens (tertiary/aromatic N) is 2. The van der Waals surface area contributed by atoms with Crippen LogP contribution in [0.5, 0.6) is 0 Å². The fourth-order valence-corrected chi connectivity index (χ4v) is 9.18.